The molecule has 0 spiro atoms. The van der Waals surface area contributed by atoms with Gasteiger partial charge in [-0.05, 0) is 54.2 Å². The largest absolute Gasteiger partial charge is 0.357 e. The first-order valence-corrected chi connectivity index (χ1v) is 8.72. The number of hydrogen-bond donors (Lipinski definition) is 2. The Hall–Kier alpha value is -0.680. The van der Waals surface area contributed by atoms with Gasteiger partial charge in [0.25, 0.3) is 0 Å². The van der Waals surface area contributed by atoms with Crippen LogP contribution in [0.2, 0.25) is 0 Å². The number of unbranched alkanes of at least 4 members (excludes halogenated alkanes) is 1. The summed E-state index contributed by atoms with van der Waals surface area (Å²) in [5.41, 5.74) is 1.28. The van der Waals surface area contributed by atoms with Gasteiger partial charge in [0.15, 0.2) is 5.96 Å². The molecule has 0 saturated carbocycles. The van der Waals surface area contributed by atoms with Crippen molar-refractivity contribution in [1.29, 1.82) is 0 Å². The third-order valence-electron chi connectivity index (χ3n) is 2.41. The van der Waals surface area contributed by atoms with Crippen molar-refractivity contribution in [3.8, 4) is 0 Å². The summed E-state index contributed by atoms with van der Waals surface area (Å²) in [5.74, 6) is 2.16. The Balaban J connectivity index is 2.27. The fourth-order valence-corrected chi connectivity index (χ4v) is 2.63. The van der Waals surface area contributed by atoms with Crippen LogP contribution in [0.25, 0.3) is 0 Å². The van der Waals surface area contributed by atoms with Crippen molar-refractivity contribution >= 4 is 29.1 Å². The molecule has 0 aliphatic carbocycles. The summed E-state index contributed by atoms with van der Waals surface area (Å²) in [7, 11) is 0. The van der Waals surface area contributed by atoms with E-state index in [1.807, 2.05) is 11.8 Å². The standard InChI is InChI=1S/C13H23N3S2/c1-3-14-13(15-7-4-5-8-17-2)16-10-12-6-9-18-11-12/h6,9,11H,3-5,7-8,10H2,1-2H3,(H2,14,15,16). The fraction of sp³-hybridized carbons (Fsp3) is 0.615. The van der Waals surface area contributed by atoms with Crippen molar-refractivity contribution in [3.63, 3.8) is 0 Å². The van der Waals surface area contributed by atoms with E-state index in [2.05, 4.69) is 45.6 Å². The van der Waals surface area contributed by atoms with Gasteiger partial charge < -0.3 is 10.6 Å². The lowest BCUT2D eigenvalue weighted by Gasteiger charge is -2.10. The second-order valence-electron chi connectivity index (χ2n) is 3.95. The Labute approximate surface area is 118 Å². The number of nitrogens with zero attached hydrogens (tertiary/aromatic N) is 1. The quantitative estimate of drug-likeness (QED) is 0.438. The van der Waals surface area contributed by atoms with E-state index in [1.54, 1.807) is 11.3 Å². The summed E-state index contributed by atoms with van der Waals surface area (Å²) in [6.07, 6.45) is 4.61. The maximum atomic E-state index is 4.57. The van der Waals surface area contributed by atoms with Gasteiger partial charge in [-0.1, -0.05) is 0 Å². The molecule has 0 bridgehead atoms. The fourth-order valence-electron chi connectivity index (χ4n) is 1.47. The maximum Gasteiger partial charge on any atom is 0.191 e. The summed E-state index contributed by atoms with van der Waals surface area (Å²) in [5, 5.41) is 10.9. The van der Waals surface area contributed by atoms with Crippen LogP contribution in [-0.2, 0) is 6.54 Å². The first kappa shape index (κ1) is 15.4. The van der Waals surface area contributed by atoms with Crippen molar-refractivity contribution in [3.05, 3.63) is 22.4 Å². The van der Waals surface area contributed by atoms with Crippen LogP contribution in [0.4, 0.5) is 0 Å². The lowest BCUT2D eigenvalue weighted by molar-refractivity contribution is 0.734. The lowest BCUT2D eigenvalue weighted by atomic mass is 10.3. The van der Waals surface area contributed by atoms with Gasteiger partial charge in [0, 0.05) is 13.1 Å². The molecule has 18 heavy (non-hydrogen) atoms. The lowest BCUT2D eigenvalue weighted by Crippen LogP contribution is -2.37. The Kier molecular flexibility index (Phi) is 8.77. The van der Waals surface area contributed by atoms with Gasteiger partial charge in [-0.3, -0.25) is 0 Å². The van der Waals surface area contributed by atoms with Crippen molar-refractivity contribution in [1.82, 2.24) is 10.6 Å². The second-order valence-corrected chi connectivity index (χ2v) is 5.72. The zero-order valence-corrected chi connectivity index (χ0v) is 12.9. The van der Waals surface area contributed by atoms with Crippen LogP contribution in [0.15, 0.2) is 21.8 Å². The molecule has 0 atom stereocenters. The molecule has 1 aromatic heterocycles. The predicted molar refractivity (Wildman–Crippen MR) is 84.8 cm³/mol. The number of thioether (sulfide) groups is 1. The second kappa shape index (κ2) is 10.3. The molecule has 5 heteroatoms. The maximum absolute atomic E-state index is 4.57. The van der Waals surface area contributed by atoms with E-state index in [0.717, 1.165) is 25.6 Å². The molecule has 0 aliphatic rings. The number of guanidine groups is 1. The topological polar surface area (TPSA) is 36.4 Å². The normalized spacial score (nSPS) is 11.6. The Bertz CT molecular complexity index is 323. The smallest absolute Gasteiger partial charge is 0.191 e. The van der Waals surface area contributed by atoms with Crippen LogP contribution in [0.1, 0.15) is 25.3 Å². The van der Waals surface area contributed by atoms with E-state index in [1.165, 1.54) is 24.2 Å². The van der Waals surface area contributed by atoms with E-state index in [0.29, 0.717) is 0 Å². The molecule has 0 fully saturated rings. The minimum atomic E-state index is 0.754. The SMILES string of the molecule is CCNC(=NCc1ccsc1)NCCCCSC. The first-order chi connectivity index (χ1) is 8.86. The summed E-state index contributed by atoms with van der Waals surface area (Å²) < 4.78 is 0. The predicted octanol–water partition coefficient (Wildman–Crippen LogP) is 2.95. The van der Waals surface area contributed by atoms with E-state index in [-0.39, 0.29) is 0 Å². The Morgan fingerprint density at radius 3 is 2.94 bits per heavy atom. The number of rotatable bonds is 8. The van der Waals surface area contributed by atoms with Crippen LogP contribution in [0, 0.1) is 0 Å². The first-order valence-electron chi connectivity index (χ1n) is 6.39. The van der Waals surface area contributed by atoms with Crippen molar-refractivity contribution in [2.45, 2.75) is 26.3 Å². The van der Waals surface area contributed by atoms with E-state index < -0.39 is 0 Å². The molecule has 0 aromatic carbocycles. The van der Waals surface area contributed by atoms with Crippen LogP contribution in [0.5, 0.6) is 0 Å². The average molecular weight is 285 g/mol. The van der Waals surface area contributed by atoms with Gasteiger partial charge >= 0.3 is 0 Å². The summed E-state index contributed by atoms with van der Waals surface area (Å²) in [6.45, 7) is 4.75. The monoisotopic (exact) mass is 285 g/mol. The number of hydrogen-bond acceptors (Lipinski definition) is 3. The van der Waals surface area contributed by atoms with Crippen LogP contribution >= 0.6 is 23.1 Å². The van der Waals surface area contributed by atoms with E-state index >= 15 is 0 Å². The van der Waals surface area contributed by atoms with Crippen LogP contribution < -0.4 is 10.6 Å². The molecule has 2 N–H and O–H groups in total. The molecule has 1 rings (SSSR count). The average Bonchev–Trinajstić information content (AvgIpc) is 2.88. The summed E-state index contributed by atoms with van der Waals surface area (Å²) in [4.78, 5) is 4.57. The highest BCUT2D eigenvalue weighted by atomic mass is 32.2. The molecule has 0 unspecified atom stereocenters. The van der Waals surface area contributed by atoms with Gasteiger partial charge in [-0.2, -0.15) is 23.1 Å². The highest BCUT2D eigenvalue weighted by Gasteiger charge is 1.97. The van der Waals surface area contributed by atoms with Gasteiger partial charge in [-0.25, -0.2) is 4.99 Å². The Morgan fingerprint density at radius 2 is 2.28 bits per heavy atom. The third kappa shape index (κ3) is 6.91. The molecule has 102 valence electrons. The van der Waals surface area contributed by atoms with E-state index in [4.69, 9.17) is 0 Å². The number of aliphatic imine (C=N–C) groups is 1. The summed E-state index contributed by atoms with van der Waals surface area (Å²) >= 11 is 3.63. The molecule has 0 radical (unpaired) electrons. The van der Waals surface area contributed by atoms with Crippen molar-refractivity contribution in [2.24, 2.45) is 4.99 Å². The third-order valence-corrected chi connectivity index (χ3v) is 3.84. The molecule has 0 saturated heterocycles. The molecule has 0 amide bonds. The van der Waals surface area contributed by atoms with Crippen LogP contribution in [-0.4, -0.2) is 31.1 Å². The Morgan fingerprint density at radius 1 is 1.39 bits per heavy atom. The highest BCUT2D eigenvalue weighted by Crippen LogP contribution is 2.06. The van der Waals surface area contributed by atoms with Crippen molar-refractivity contribution < 1.29 is 0 Å². The van der Waals surface area contributed by atoms with Crippen LogP contribution in [0.3, 0.4) is 0 Å². The zero-order valence-electron chi connectivity index (χ0n) is 11.2. The molecule has 3 nitrogen and oxygen atoms in total. The minimum Gasteiger partial charge on any atom is -0.357 e. The van der Waals surface area contributed by atoms with Gasteiger partial charge in [0.05, 0.1) is 6.54 Å². The zero-order chi connectivity index (χ0) is 13.1. The van der Waals surface area contributed by atoms with Gasteiger partial charge in [0.1, 0.15) is 0 Å². The molecule has 1 heterocycles. The highest BCUT2D eigenvalue weighted by molar-refractivity contribution is 7.98. The van der Waals surface area contributed by atoms with Gasteiger partial charge in [0.2, 0.25) is 0 Å². The van der Waals surface area contributed by atoms with E-state index in [9.17, 15) is 0 Å². The minimum absolute atomic E-state index is 0.754. The molecule has 0 aliphatic heterocycles. The number of thiophene rings is 1. The van der Waals surface area contributed by atoms with Crippen molar-refractivity contribution in [2.75, 3.05) is 25.1 Å². The molecular weight excluding hydrogens is 262 g/mol. The van der Waals surface area contributed by atoms with Gasteiger partial charge in [-0.15, -0.1) is 0 Å². The number of nitrogens with one attached hydrogen (secondary N) is 2. The molecular formula is C13H23N3S2. The molecule has 1 aromatic rings. The summed E-state index contributed by atoms with van der Waals surface area (Å²) in [6, 6.07) is 2.12.